The SMILES string of the molecule is [B]c1cc(C(F)(F)F)c2cn(-c3cccc(C([C]4N=NC=[N+]4C)C(CC)CO)c3)c(=O)n2c1. The van der Waals surface area contributed by atoms with Gasteiger partial charge < -0.3 is 5.11 Å². The van der Waals surface area contributed by atoms with Gasteiger partial charge in [-0.15, -0.1) is 0 Å². The van der Waals surface area contributed by atoms with Crippen molar-refractivity contribution in [3.8, 4) is 5.69 Å². The summed E-state index contributed by atoms with van der Waals surface area (Å²) in [5.74, 6) is -0.508. The van der Waals surface area contributed by atoms with Crippen molar-refractivity contribution in [2.75, 3.05) is 13.7 Å². The highest BCUT2D eigenvalue weighted by Crippen LogP contribution is 2.38. The number of aliphatic hydroxyl groups excluding tert-OH is 1. The fourth-order valence-corrected chi connectivity index (χ4v) is 4.17. The Bertz CT molecular complexity index is 1310. The van der Waals surface area contributed by atoms with Crippen LogP contribution in [0.2, 0.25) is 0 Å². The highest BCUT2D eigenvalue weighted by atomic mass is 19.4. The molecule has 169 valence electrons. The minimum Gasteiger partial charge on any atom is -0.396 e. The summed E-state index contributed by atoms with van der Waals surface area (Å²) < 4.78 is 44.5. The second-order valence-electron chi connectivity index (χ2n) is 7.95. The maximum absolute atomic E-state index is 13.6. The Morgan fingerprint density at radius 2 is 2.00 bits per heavy atom. The third-order valence-electron chi connectivity index (χ3n) is 5.86. The van der Waals surface area contributed by atoms with Crippen LogP contribution in [0.15, 0.2) is 57.7 Å². The summed E-state index contributed by atoms with van der Waals surface area (Å²) in [6, 6.07) is 7.71. The number of alkyl halides is 3. The predicted octanol–water partition coefficient (Wildman–Crippen LogP) is 2.63. The van der Waals surface area contributed by atoms with Crippen LogP contribution in [-0.4, -0.2) is 46.5 Å². The summed E-state index contributed by atoms with van der Waals surface area (Å²) in [4.78, 5) is 13.0. The van der Waals surface area contributed by atoms with Crippen LogP contribution in [0.5, 0.6) is 0 Å². The molecule has 0 aliphatic carbocycles. The highest BCUT2D eigenvalue weighted by molar-refractivity contribution is 6.32. The lowest BCUT2D eigenvalue weighted by Crippen LogP contribution is -2.27. The fourth-order valence-electron chi connectivity index (χ4n) is 4.17. The first-order chi connectivity index (χ1) is 15.7. The van der Waals surface area contributed by atoms with Gasteiger partial charge in [0, 0.05) is 19.0 Å². The largest absolute Gasteiger partial charge is 0.418 e. The number of benzene rings is 1. The smallest absolute Gasteiger partial charge is 0.396 e. The quantitative estimate of drug-likeness (QED) is 0.459. The molecule has 2 atom stereocenters. The Morgan fingerprint density at radius 3 is 2.61 bits per heavy atom. The van der Waals surface area contributed by atoms with Gasteiger partial charge in [0.25, 0.3) is 0 Å². The molecule has 7 nitrogen and oxygen atoms in total. The van der Waals surface area contributed by atoms with Gasteiger partial charge in [0.05, 0.1) is 34.8 Å². The second kappa shape index (κ2) is 8.62. The summed E-state index contributed by atoms with van der Waals surface area (Å²) in [5, 5.41) is 18.1. The van der Waals surface area contributed by atoms with Crippen molar-refractivity contribution in [3.63, 3.8) is 0 Å². The highest BCUT2D eigenvalue weighted by Gasteiger charge is 2.39. The molecular weight excluding hydrogens is 434 g/mol. The van der Waals surface area contributed by atoms with Crippen molar-refractivity contribution in [1.29, 1.82) is 0 Å². The number of azo groups is 1. The van der Waals surface area contributed by atoms with Gasteiger partial charge in [-0.25, -0.2) is 9.37 Å². The van der Waals surface area contributed by atoms with Gasteiger partial charge in [0.15, 0.2) is 0 Å². The van der Waals surface area contributed by atoms with E-state index in [0.717, 1.165) is 26.8 Å². The zero-order valence-electron chi connectivity index (χ0n) is 18.0. The fraction of sp³-hybridized carbons (Fsp3) is 0.318. The molecule has 1 aliphatic heterocycles. The van der Waals surface area contributed by atoms with E-state index in [9.17, 15) is 23.1 Å². The third kappa shape index (κ3) is 4.12. The van der Waals surface area contributed by atoms with Crippen LogP contribution in [0, 0.1) is 12.1 Å². The minimum absolute atomic E-state index is 0.0947. The van der Waals surface area contributed by atoms with Crippen molar-refractivity contribution in [3.05, 3.63) is 70.5 Å². The number of likely N-dealkylation sites (N-methyl/N-ethyl adjacent to an activating group) is 1. The zero-order chi connectivity index (χ0) is 23.9. The molecule has 1 aromatic carbocycles. The molecule has 3 heterocycles. The first-order valence-corrected chi connectivity index (χ1v) is 10.3. The molecule has 11 heteroatoms. The number of hydrogen-bond acceptors (Lipinski definition) is 4. The van der Waals surface area contributed by atoms with Crippen LogP contribution < -0.4 is 11.2 Å². The number of aliphatic hydroxyl groups is 1. The van der Waals surface area contributed by atoms with Crippen molar-refractivity contribution in [2.45, 2.75) is 25.4 Å². The predicted molar refractivity (Wildman–Crippen MR) is 117 cm³/mol. The van der Waals surface area contributed by atoms with Gasteiger partial charge in [0.2, 0.25) is 0 Å². The van der Waals surface area contributed by atoms with Gasteiger partial charge in [-0.3, -0.25) is 8.97 Å². The molecule has 1 aliphatic rings. The summed E-state index contributed by atoms with van der Waals surface area (Å²) in [6.07, 6.45) is 0.508. The molecule has 0 fully saturated rings. The topological polar surface area (TPSA) is 74.4 Å². The van der Waals surface area contributed by atoms with Gasteiger partial charge in [-0.1, -0.05) is 37.0 Å². The van der Waals surface area contributed by atoms with E-state index in [1.54, 1.807) is 36.2 Å². The number of pyridine rings is 1. The summed E-state index contributed by atoms with van der Waals surface area (Å²) in [7, 11) is 7.42. The van der Waals surface area contributed by atoms with Crippen molar-refractivity contribution in [1.82, 2.24) is 8.97 Å². The number of aromatic nitrogens is 2. The Morgan fingerprint density at radius 1 is 1.24 bits per heavy atom. The first kappa shape index (κ1) is 23.0. The summed E-state index contributed by atoms with van der Waals surface area (Å²) in [6.45, 7) is 1.85. The van der Waals surface area contributed by atoms with Crippen LogP contribution in [0.1, 0.15) is 30.4 Å². The summed E-state index contributed by atoms with van der Waals surface area (Å²) >= 11 is 0. The van der Waals surface area contributed by atoms with Gasteiger partial charge in [0.1, 0.15) is 7.85 Å². The van der Waals surface area contributed by atoms with E-state index in [0.29, 0.717) is 18.3 Å². The van der Waals surface area contributed by atoms with E-state index >= 15 is 0 Å². The Kier molecular flexibility index (Phi) is 6.00. The third-order valence-corrected chi connectivity index (χ3v) is 5.86. The molecule has 0 saturated carbocycles. The normalized spacial score (nSPS) is 16.4. The number of nitrogens with zero attached hydrogens (tertiary/aromatic N) is 5. The lowest BCUT2D eigenvalue weighted by molar-refractivity contribution is -0.480. The minimum atomic E-state index is -4.67. The van der Waals surface area contributed by atoms with Crippen LogP contribution in [0.25, 0.3) is 11.2 Å². The van der Waals surface area contributed by atoms with Crippen molar-refractivity contribution >= 4 is 25.2 Å². The Hall–Kier alpha value is -3.21. The number of rotatable bonds is 6. The van der Waals surface area contributed by atoms with Crippen LogP contribution in [0.4, 0.5) is 13.2 Å². The van der Waals surface area contributed by atoms with Crippen LogP contribution in [-0.2, 0) is 6.18 Å². The van der Waals surface area contributed by atoms with Crippen LogP contribution in [0.3, 0.4) is 0 Å². The molecule has 0 spiro atoms. The van der Waals surface area contributed by atoms with E-state index in [1.807, 2.05) is 13.0 Å². The summed E-state index contributed by atoms with van der Waals surface area (Å²) in [5.41, 5.74) is -0.990. The van der Waals surface area contributed by atoms with Crippen LogP contribution >= 0.6 is 0 Å². The standard InChI is InChI=1S/C22H21BF3N5O2/c1-3-13(11-32)19(20-28-27-12-29(20)2)14-5-4-6-16(7-14)30-10-18-17(22(24,25)26)8-15(23)9-31(18)21(30)33/h4-10,12-13,19,32H,3,11H2,1-2H3/q+1. The van der Waals surface area contributed by atoms with Crippen molar-refractivity contribution in [2.24, 2.45) is 16.1 Å². The van der Waals surface area contributed by atoms with E-state index in [4.69, 9.17) is 7.85 Å². The van der Waals surface area contributed by atoms with Gasteiger partial charge in [-0.2, -0.15) is 13.2 Å². The van der Waals surface area contributed by atoms with E-state index < -0.39 is 17.4 Å². The molecule has 2 unspecified atom stereocenters. The van der Waals surface area contributed by atoms with Gasteiger partial charge >= 0.3 is 24.4 Å². The number of hydrogen-bond donors (Lipinski definition) is 1. The molecule has 1 N–H and O–H groups in total. The average molecular weight is 455 g/mol. The zero-order valence-corrected chi connectivity index (χ0v) is 18.0. The molecule has 0 amide bonds. The Labute approximate surface area is 188 Å². The molecule has 3 aromatic rings. The number of imidazole rings is 1. The van der Waals surface area contributed by atoms with E-state index in [2.05, 4.69) is 10.2 Å². The van der Waals surface area contributed by atoms with E-state index in [-0.39, 0.29) is 29.4 Å². The lowest BCUT2D eigenvalue weighted by Gasteiger charge is -2.25. The molecule has 3 radical (unpaired) electrons. The lowest BCUT2D eigenvalue weighted by atomic mass is 9.82. The maximum atomic E-state index is 13.6. The van der Waals surface area contributed by atoms with Crippen molar-refractivity contribution < 1.29 is 22.9 Å². The Balaban J connectivity index is 1.87. The average Bonchev–Trinajstić information content (AvgIpc) is 3.34. The first-order valence-electron chi connectivity index (χ1n) is 10.3. The maximum Gasteiger partial charge on any atom is 0.418 e. The number of fused-ring (bicyclic) bond motifs is 1. The molecule has 4 rings (SSSR count). The molecule has 0 saturated heterocycles. The van der Waals surface area contributed by atoms with E-state index in [1.165, 1.54) is 6.20 Å². The van der Waals surface area contributed by atoms with Gasteiger partial charge in [-0.05, 0) is 28.7 Å². The molecule has 33 heavy (non-hydrogen) atoms. The number of halogens is 3. The monoisotopic (exact) mass is 455 g/mol. The molecule has 0 bridgehead atoms. The second-order valence-corrected chi connectivity index (χ2v) is 7.95. The molecular formula is C22H21BF3N5O2+. The molecule has 2 aromatic heterocycles.